The van der Waals surface area contributed by atoms with E-state index in [1.807, 2.05) is 14.1 Å². The molecule has 0 aromatic rings. The lowest BCUT2D eigenvalue weighted by atomic mass is 10.0. The highest BCUT2D eigenvalue weighted by Crippen LogP contribution is 2.08. The molecule has 0 aromatic carbocycles. The number of nitrogens with zero attached hydrogens (tertiary/aromatic N) is 1. The van der Waals surface area contributed by atoms with Crippen molar-refractivity contribution in [3.8, 4) is 0 Å². The van der Waals surface area contributed by atoms with E-state index in [1.54, 1.807) is 13.8 Å². The number of amides is 1. The van der Waals surface area contributed by atoms with E-state index in [1.165, 1.54) is 0 Å². The Morgan fingerprint density at radius 2 is 1.88 bits per heavy atom. The summed E-state index contributed by atoms with van der Waals surface area (Å²) in [7, 11) is 4.07. The molecule has 0 bridgehead atoms. The van der Waals surface area contributed by atoms with Crippen LogP contribution in [0.1, 0.15) is 34.1 Å². The van der Waals surface area contributed by atoms with Crippen LogP contribution in [0, 0.1) is 5.92 Å². The number of likely N-dealkylation sites (N-methyl/N-ethyl adjacent to an activating group) is 1. The molecule has 0 saturated carbocycles. The van der Waals surface area contributed by atoms with Gasteiger partial charge in [-0.2, -0.15) is 0 Å². The molecule has 1 atom stereocenters. The summed E-state index contributed by atoms with van der Waals surface area (Å²) in [5.41, 5.74) is 4.92. The molecule has 0 heterocycles. The zero-order valence-corrected chi connectivity index (χ0v) is 11.5. The molecule has 0 fully saturated rings. The van der Waals surface area contributed by atoms with Gasteiger partial charge in [-0.25, -0.2) is 0 Å². The zero-order chi connectivity index (χ0) is 12.9. The topological polar surface area (TPSA) is 58.4 Å². The van der Waals surface area contributed by atoms with Gasteiger partial charge < -0.3 is 16.0 Å². The Hall–Kier alpha value is -0.610. The van der Waals surface area contributed by atoms with Gasteiger partial charge >= 0.3 is 0 Å². The minimum Gasteiger partial charge on any atom is -0.353 e. The largest absolute Gasteiger partial charge is 0.353 e. The van der Waals surface area contributed by atoms with Crippen molar-refractivity contribution in [1.82, 2.24) is 10.2 Å². The summed E-state index contributed by atoms with van der Waals surface area (Å²) in [6.07, 6.45) is 1.07. The number of hydrogen-bond acceptors (Lipinski definition) is 3. The number of hydrogen-bond donors (Lipinski definition) is 2. The molecule has 0 aromatic heterocycles. The first kappa shape index (κ1) is 15.4. The van der Waals surface area contributed by atoms with Crippen LogP contribution in [0.4, 0.5) is 0 Å². The Kier molecular flexibility index (Phi) is 5.97. The van der Waals surface area contributed by atoms with Crippen LogP contribution in [0.3, 0.4) is 0 Å². The third kappa shape index (κ3) is 6.08. The van der Waals surface area contributed by atoms with Gasteiger partial charge in [-0.1, -0.05) is 13.8 Å². The van der Waals surface area contributed by atoms with E-state index < -0.39 is 5.54 Å². The van der Waals surface area contributed by atoms with Gasteiger partial charge in [-0.15, -0.1) is 0 Å². The molecule has 0 radical (unpaired) electrons. The van der Waals surface area contributed by atoms with Gasteiger partial charge in [0.25, 0.3) is 0 Å². The fourth-order valence-electron chi connectivity index (χ4n) is 1.46. The molecule has 0 aliphatic heterocycles. The summed E-state index contributed by atoms with van der Waals surface area (Å²) in [5.74, 6) is 0.526. The van der Waals surface area contributed by atoms with Crippen LogP contribution in [-0.4, -0.2) is 43.0 Å². The van der Waals surface area contributed by atoms with Gasteiger partial charge in [0, 0.05) is 12.6 Å². The molecule has 0 spiro atoms. The van der Waals surface area contributed by atoms with Crippen molar-refractivity contribution < 1.29 is 4.79 Å². The summed E-state index contributed by atoms with van der Waals surface area (Å²) in [6, 6.07) is 0.367. The SMILES string of the molecule is CC(C)CC(CNC(=O)C(C)(C)N)N(C)C. The van der Waals surface area contributed by atoms with Crippen LogP contribution in [0.2, 0.25) is 0 Å². The molecule has 0 aliphatic rings. The van der Waals surface area contributed by atoms with Crippen molar-refractivity contribution >= 4 is 5.91 Å². The quantitative estimate of drug-likeness (QED) is 0.709. The number of carbonyl (C=O) groups is 1. The molecule has 96 valence electrons. The minimum absolute atomic E-state index is 0.0943. The third-order valence-corrected chi connectivity index (χ3v) is 2.56. The molecular weight excluding hydrogens is 202 g/mol. The predicted molar refractivity (Wildman–Crippen MR) is 68.2 cm³/mol. The van der Waals surface area contributed by atoms with E-state index in [9.17, 15) is 4.79 Å². The van der Waals surface area contributed by atoms with E-state index in [0.717, 1.165) is 6.42 Å². The molecule has 16 heavy (non-hydrogen) atoms. The van der Waals surface area contributed by atoms with Crippen LogP contribution in [0.5, 0.6) is 0 Å². The number of nitrogens with two attached hydrogens (primary N) is 1. The monoisotopic (exact) mass is 229 g/mol. The number of rotatable bonds is 6. The highest BCUT2D eigenvalue weighted by atomic mass is 16.2. The lowest BCUT2D eigenvalue weighted by molar-refractivity contribution is -0.125. The number of carbonyl (C=O) groups excluding carboxylic acids is 1. The average Bonchev–Trinajstić information content (AvgIpc) is 2.08. The Morgan fingerprint density at radius 1 is 1.38 bits per heavy atom. The smallest absolute Gasteiger partial charge is 0.239 e. The van der Waals surface area contributed by atoms with Crippen LogP contribution in [0.25, 0.3) is 0 Å². The molecular formula is C12H27N3O. The van der Waals surface area contributed by atoms with Crippen LogP contribution >= 0.6 is 0 Å². The fraction of sp³-hybridized carbons (Fsp3) is 0.917. The van der Waals surface area contributed by atoms with Gasteiger partial charge in [0.15, 0.2) is 0 Å². The maximum Gasteiger partial charge on any atom is 0.239 e. The summed E-state index contributed by atoms with van der Waals surface area (Å²) in [5, 5.41) is 2.90. The summed E-state index contributed by atoms with van der Waals surface area (Å²) >= 11 is 0. The van der Waals surface area contributed by atoms with Crippen molar-refractivity contribution in [3.05, 3.63) is 0 Å². The average molecular weight is 229 g/mol. The summed E-state index contributed by atoms with van der Waals surface area (Å²) in [4.78, 5) is 13.8. The molecule has 0 rings (SSSR count). The van der Waals surface area contributed by atoms with Gasteiger partial charge in [0.05, 0.1) is 5.54 Å². The summed E-state index contributed by atoms with van der Waals surface area (Å²) in [6.45, 7) is 8.46. The Labute approximate surface area is 99.6 Å². The lowest BCUT2D eigenvalue weighted by Gasteiger charge is -2.27. The predicted octanol–water partition coefficient (Wildman–Crippen LogP) is 0.816. The first-order valence-corrected chi connectivity index (χ1v) is 5.88. The Balaban J connectivity index is 4.18. The normalized spacial score (nSPS) is 14.3. The van der Waals surface area contributed by atoms with Gasteiger partial charge in [0.1, 0.15) is 0 Å². The maximum absolute atomic E-state index is 11.6. The first-order chi connectivity index (χ1) is 7.14. The van der Waals surface area contributed by atoms with Gasteiger partial charge in [0.2, 0.25) is 5.91 Å². The zero-order valence-electron chi connectivity index (χ0n) is 11.5. The van der Waals surface area contributed by atoms with Gasteiger partial charge in [-0.3, -0.25) is 4.79 Å². The molecule has 4 nitrogen and oxygen atoms in total. The second kappa shape index (κ2) is 6.21. The van der Waals surface area contributed by atoms with Crippen LogP contribution in [0.15, 0.2) is 0 Å². The summed E-state index contributed by atoms with van der Waals surface area (Å²) < 4.78 is 0. The Morgan fingerprint density at radius 3 is 2.19 bits per heavy atom. The van der Waals surface area contributed by atoms with E-state index in [2.05, 4.69) is 24.1 Å². The Bertz CT molecular complexity index is 219. The van der Waals surface area contributed by atoms with Crippen molar-refractivity contribution in [2.75, 3.05) is 20.6 Å². The first-order valence-electron chi connectivity index (χ1n) is 5.88. The van der Waals surface area contributed by atoms with Gasteiger partial charge in [-0.05, 0) is 40.3 Å². The van der Waals surface area contributed by atoms with E-state index in [0.29, 0.717) is 18.5 Å². The molecule has 0 saturated heterocycles. The van der Waals surface area contributed by atoms with Crippen LogP contribution in [-0.2, 0) is 4.79 Å². The van der Waals surface area contributed by atoms with Crippen LogP contribution < -0.4 is 11.1 Å². The molecule has 1 amide bonds. The maximum atomic E-state index is 11.6. The third-order valence-electron chi connectivity index (χ3n) is 2.56. The van der Waals surface area contributed by atoms with E-state index in [-0.39, 0.29) is 5.91 Å². The molecule has 1 unspecified atom stereocenters. The minimum atomic E-state index is -0.797. The molecule has 3 N–H and O–H groups in total. The molecule has 4 heteroatoms. The van der Waals surface area contributed by atoms with E-state index in [4.69, 9.17) is 5.73 Å². The van der Waals surface area contributed by atoms with Crippen molar-refractivity contribution in [2.45, 2.75) is 45.7 Å². The second-order valence-electron chi connectivity index (χ2n) is 5.68. The second-order valence-corrected chi connectivity index (χ2v) is 5.68. The van der Waals surface area contributed by atoms with Crippen molar-refractivity contribution in [1.29, 1.82) is 0 Å². The fourth-order valence-corrected chi connectivity index (χ4v) is 1.46. The molecule has 0 aliphatic carbocycles. The number of nitrogens with one attached hydrogen (secondary N) is 1. The highest BCUT2D eigenvalue weighted by Gasteiger charge is 2.23. The standard InChI is InChI=1S/C12H27N3O/c1-9(2)7-10(15(5)6)8-14-11(16)12(3,4)13/h9-10H,7-8,13H2,1-6H3,(H,14,16). The van der Waals surface area contributed by atoms with Crippen molar-refractivity contribution in [3.63, 3.8) is 0 Å². The lowest BCUT2D eigenvalue weighted by Crippen LogP contribution is -2.52. The highest BCUT2D eigenvalue weighted by molar-refractivity contribution is 5.85. The van der Waals surface area contributed by atoms with Crippen molar-refractivity contribution in [2.24, 2.45) is 11.7 Å². The van der Waals surface area contributed by atoms with E-state index >= 15 is 0 Å².